The molecule has 0 fully saturated rings. The molecule has 0 aliphatic carbocycles. The summed E-state index contributed by atoms with van der Waals surface area (Å²) in [5.41, 5.74) is 3.40. The van der Waals surface area contributed by atoms with Gasteiger partial charge in [-0.2, -0.15) is 0 Å². The van der Waals surface area contributed by atoms with Gasteiger partial charge in [0, 0.05) is 20.6 Å². The van der Waals surface area contributed by atoms with E-state index < -0.39 is 7.25 Å². The molecule has 0 spiro atoms. The van der Waals surface area contributed by atoms with Crippen LogP contribution in [0.15, 0.2) is 74.0 Å². The minimum absolute atomic E-state index is 0.875. The highest BCUT2D eigenvalue weighted by Crippen LogP contribution is 2.29. The lowest BCUT2D eigenvalue weighted by molar-refractivity contribution is 0.368. The number of aryl methyl sites for hydroxylation is 1. The van der Waals surface area contributed by atoms with Gasteiger partial charge in [-0.1, -0.05) is 44.0 Å². The normalized spacial score (nSPS) is 10.9. The first kappa shape index (κ1) is 20.6. The van der Waals surface area contributed by atoms with Crippen LogP contribution in [0.5, 0.6) is 0 Å². The summed E-state index contributed by atoms with van der Waals surface area (Å²) >= 11 is 6.92. The third-order valence-electron chi connectivity index (χ3n) is 3.22. The fraction of sp³-hybridized carbons (Fsp3) is 0.0556. The Balaban J connectivity index is 0.000000431. The SMILES string of the molecule is Cc1cc(-c2ccc(Br)cc2)cc(-c2ccc(Br)cc2)[o+]1.F[B-](F)(F)F. The highest BCUT2D eigenvalue weighted by molar-refractivity contribution is 9.10. The Morgan fingerprint density at radius 1 is 0.692 bits per heavy atom. The molecule has 0 atom stereocenters. The minimum Gasteiger partial charge on any atom is -0.418 e. The maximum Gasteiger partial charge on any atom is 0.673 e. The molecule has 1 aromatic heterocycles. The van der Waals surface area contributed by atoms with Crippen LogP contribution in [0.25, 0.3) is 22.5 Å². The van der Waals surface area contributed by atoms with Crippen molar-refractivity contribution in [3.8, 4) is 22.5 Å². The summed E-state index contributed by atoms with van der Waals surface area (Å²) in [5.74, 6) is 1.77. The Morgan fingerprint density at radius 3 is 1.58 bits per heavy atom. The van der Waals surface area contributed by atoms with Gasteiger partial charge in [0.15, 0.2) is 0 Å². The van der Waals surface area contributed by atoms with Crippen LogP contribution in [0.1, 0.15) is 5.76 Å². The van der Waals surface area contributed by atoms with Crippen LogP contribution < -0.4 is 0 Å². The molecule has 0 radical (unpaired) electrons. The largest absolute Gasteiger partial charge is 0.673 e. The molecule has 0 saturated carbocycles. The van der Waals surface area contributed by atoms with Crippen LogP contribution in [0.2, 0.25) is 0 Å². The standard InChI is InChI=1S/C18H13Br2O.BF4/c1-12-10-15(13-2-6-16(19)7-3-13)11-18(21-12)14-4-8-17(20)9-5-14;2-1(3,4)5/h2-11H,1H3;/q+1;-1. The number of rotatable bonds is 2. The van der Waals surface area contributed by atoms with E-state index in [1.807, 2.05) is 43.3 Å². The summed E-state index contributed by atoms with van der Waals surface area (Å²) in [5, 5.41) is 0. The van der Waals surface area contributed by atoms with Gasteiger partial charge in [-0.25, -0.2) is 4.42 Å². The predicted molar refractivity (Wildman–Crippen MR) is 104 cm³/mol. The van der Waals surface area contributed by atoms with E-state index in [4.69, 9.17) is 4.42 Å². The lowest BCUT2D eigenvalue weighted by Gasteiger charge is -2.01. The molecular weight excluding hydrogens is 479 g/mol. The van der Waals surface area contributed by atoms with Gasteiger partial charge >= 0.3 is 18.8 Å². The summed E-state index contributed by atoms with van der Waals surface area (Å²) in [4.78, 5) is 0. The van der Waals surface area contributed by atoms with E-state index in [9.17, 15) is 17.3 Å². The highest BCUT2D eigenvalue weighted by Gasteiger charge is 2.20. The van der Waals surface area contributed by atoms with E-state index in [1.165, 1.54) is 5.56 Å². The van der Waals surface area contributed by atoms with E-state index in [0.29, 0.717) is 0 Å². The number of hydrogen-bond acceptors (Lipinski definition) is 0. The molecule has 2 aromatic carbocycles. The van der Waals surface area contributed by atoms with Gasteiger partial charge < -0.3 is 17.3 Å². The zero-order valence-corrected chi connectivity index (χ0v) is 16.7. The maximum absolute atomic E-state index is 9.75. The molecule has 0 aliphatic heterocycles. The van der Waals surface area contributed by atoms with Crippen molar-refractivity contribution in [1.29, 1.82) is 0 Å². The average Bonchev–Trinajstić information content (AvgIpc) is 2.54. The molecule has 1 heterocycles. The Labute approximate surface area is 165 Å². The van der Waals surface area contributed by atoms with Crippen LogP contribution >= 0.6 is 31.9 Å². The first-order chi connectivity index (χ1) is 12.1. The molecule has 0 bridgehead atoms. The molecule has 0 saturated heterocycles. The predicted octanol–water partition coefficient (Wildman–Crippen LogP) is 8.03. The smallest absolute Gasteiger partial charge is 0.418 e. The van der Waals surface area contributed by atoms with E-state index in [-0.39, 0.29) is 0 Å². The van der Waals surface area contributed by atoms with Gasteiger partial charge in [0.25, 0.3) is 0 Å². The van der Waals surface area contributed by atoms with Crippen LogP contribution in [-0.2, 0) is 0 Å². The van der Waals surface area contributed by atoms with Gasteiger partial charge in [-0.05, 0) is 42.0 Å². The maximum atomic E-state index is 9.75. The zero-order chi connectivity index (χ0) is 19.3. The van der Waals surface area contributed by atoms with E-state index in [1.54, 1.807) is 0 Å². The Hall–Kier alpha value is -1.67. The van der Waals surface area contributed by atoms with Crippen molar-refractivity contribution in [3.63, 3.8) is 0 Å². The molecule has 3 aromatic rings. The molecule has 136 valence electrons. The van der Waals surface area contributed by atoms with Crippen LogP contribution in [-0.4, -0.2) is 7.25 Å². The monoisotopic (exact) mass is 490 g/mol. The second kappa shape index (κ2) is 8.82. The molecule has 1 nitrogen and oxygen atoms in total. The quantitative estimate of drug-likeness (QED) is 0.201. The van der Waals surface area contributed by atoms with Crippen molar-refractivity contribution in [2.75, 3.05) is 0 Å². The van der Waals surface area contributed by atoms with Crippen molar-refractivity contribution in [3.05, 3.63) is 75.4 Å². The number of benzene rings is 2. The fourth-order valence-corrected chi connectivity index (χ4v) is 2.73. The van der Waals surface area contributed by atoms with E-state index in [0.717, 1.165) is 31.6 Å². The summed E-state index contributed by atoms with van der Waals surface area (Å²) < 4.78 is 47.0. The Kier molecular flexibility index (Phi) is 7.00. The summed E-state index contributed by atoms with van der Waals surface area (Å²) in [7, 11) is -6.00. The van der Waals surface area contributed by atoms with Crippen molar-refractivity contribution in [1.82, 2.24) is 0 Å². The molecule has 8 heteroatoms. The molecule has 0 unspecified atom stereocenters. The molecule has 26 heavy (non-hydrogen) atoms. The molecular formula is C18H13BBr2F4O. The van der Waals surface area contributed by atoms with Gasteiger partial charge in [0.2, 0.25) is 0 Å². The zero-order valence-electron chi connectivity index (χ0n) is 13.5. The fourth-order valence-electron chi connectivity index (χ4n) is 2.20. The van der Waals surface area contributed by atoms with Crippen molar-refractivity contribution in [2.24, 2.45) is 0 Å². The third kappa shape index (κ3) is 6.92. The van der Waals surface area contributed by atoms with Gasteiger partial charge in [-0.15, -0.1) is 0 Å². The van der Waals surface area contributed by atoms with Crippen molar-refractivity contribution >= 4 is 39.1 Å². The highest BCUT2D eigenvalue weighted by atomic mass is 79.9. The van der Waals surface area contributed by atoms with Gasteiger partial charge in [-0.3, -0.25) is 0 Å². The molecule has 0 aliphatic rings. The average molecular weight is 492 g/mol. The molecule has 0 amide bonds. The molecule has 3 rings (SSSR count). The van der Waals surface area contributed by atoms with Crippen molar-refractivity contribution in [2.45, 2.75) is 6.92 Å². The Bertz CT molecular complexity index is 796. The van der Waals surface area contributed by atoms with E-state index in [2.05, 4.69) is 56.1 Å². The minimum atomic E-state index is -6.00. The van der Waals surface area contributed by atoms with Crippen LogP contribution in [0, 0.1) is 6.92 Å². The first-order valence-electron chi connectivity index (χ1n) is 7.46. The second-order valence-corrected chi connectivity index (χ2v) is 7.16. The Morgan fingerprint density at radius 2 is 1.12 bits per heavy atom. The lowest BCUT2D eigenvalue weighted by atomic mass is 10.0. The van der Waals surface area contributed by atoms with Gasteiger partial charge in [0.1, 0.15) is 0 Å². The summed E-state index contributed by atoms with van der Waals surface area (Å²) in [6.07, 6.45) is 0. The summed E-state index contributed by atoms with van der Waals surface area (Å²) in [6, 6.07) is 20.6. The third-order valence-corrected chi connectivity index (χ3v) is 4.28. The number of halogens is 6. The lowest BCUT2D eigenvalue weighted by Crippen LogP contribution is -2.02. The first-order valence-corrected chi connectivity index (χ1v) is 9.04. The van der Waals surface area contributed by atoms with Crippen LogP contribution in [0.3, 0.4) is 0 Å². The van der Waals surface area contributed by atoms with Crippen LogP contribution in [0.4, 0.5) is 17.3 Å². The summed E-state index contributed by atoms with van der Waals surface area (Å²) in [6.45, 7) is 1.98. The number of hydrogen-bond donors (Lipinski definition) is 0. The molecule has 0 N–H and O–H groups in total. The van der Waals surface area contributed by atoms with Gasteiger partial charge in [0.05, 0.1) is 18.6 Å². The topological polar surface area (TPSA) is 11.3 Å². The second-order valence-electron chi connectivity index (χ2n) is 5.33. The van der Waals surface area contributed by atoms with E-state index >= 15 is 0 Å². The van der Waals surface area contributed by atoms with Crippen molar-refractivity contribution < 1.29 is 21.7 Å².